The molecule has 1 aliphatic heterocycles. The summed E-state index contributed by atoms with van der Waals surface area (Å²) < 4.78 is 29.7. The number of carbonyl (C=O) groups is 2. The van der Waals surface area contributed by atoms with E-state index in [0.29, 0.717) is 33.3 Å². The zero-order valence-corrected chi connectivity index (χ0v) is 18.9. The molecule has 6 nitrogen and oxygen atoms in total. The zero-order chi connectivity index (χ0) is 22.5. The maximum Gasteiger partial charge on any atom is 0.266 e. The van der Waals surface area contributed by atoms with Gasteiger partial charge in [-0.2, -0.15) is 0 Å². The molecule has 1 heterocycles. The van der Waals surface area contributed by atoms with Crippen molar-refractivity contribution in [3.63, 3.8) is 0 Å². The first-order chi connectivity index (χ1) is 15.4. The molecule has 0 atom stereocenters. The van der Waals surface area contributed by atoms with E-state index < -0.39 is 21.8 Å². The van der Waals surface area contributed by atoms with Crippen molar-refractivity contribution in [3.05, 3.63) is 101 Å². The number of benzene rings is 4. The highest BCUT2D eigenvalue weighted by Crippen LogP contribution is 2.36. The van der Waals surface area contributed by atoms with Gasteiger partial charge in [0.2, 0.25) is 0 Å². The van der Waals surface area contributed by atoms with Gasteiger partial charge >= 0.3 is 0 Å². The molecule has 8 heteroatoms. The van der Waals surface area contributed by atoms with E-state index in [1.165, 1.54) is 12.1 Å². The smallest absolute Gasteiger partial charge is 0.266 e. The van der Waals surface area contributed by atoms with E-state index in [2.05, 4.69) is 20.7 Å². The van der Waals surface area contributed by atoms with Gasteiger partial charge < -0.3 is 0 Å². The van der Waals surface area contributed by atoms with Crippen LogP contribution in [0.1, 0.15) is 20.7 Å². The van der Waals surface area contributed by atoms with Crippen LogP contribution < -0.4 is 9.62 Å². The molecule has 0 radical (unpaired) electrons. The number of sulfonamides is 1. The highest BCUT2D eigenvalue weighted by molar-refractivity contribution is 9.10. The summed E-state index contributed by atoms with van der Waals surface area (Å²) in [7, 11) is -3.94. The molecule has 0 unspecified atom stereocenters. The van der Waals surface area contributed by atoms with Crippen molar-refractivity contribution in [3.8, 4) is 0 Å². The zero-order valence-electron chi connectivity index (χ0n) is 16.4. The molecule has 0 aliphatic carbocycles. The Bertz CT molecular complexity index is 1500. The molecule has 0 saturated heterocycles. The van der Waals surface area contributed by atoms with Gasteiger partial charge in [-0.3, -0.25) is 14.3 Å². The number of hydrogen-bond acceptors (Lipinski definition) is 4. The molecule has 158 valence electrons. The van der Waals surface area contributed by atoms with Gasteiger partial charge in [-0.1, -0.05) is 58.4 Å². The number of imide groups is 1. The SMILES string of the molecule is O=C1c2ccccc2C(=O)N1c1ccc(S(=O)(=O)Nc2cccc(Br)c2)c2ccccc12. The first-order valence-corrected chi connectivity index (χ1v) is 11.9. The largest absolute Gasteiger partial charge is 0.280 e. The summed E-state index contributed by atoms with van der Waals surface area (Å²) in [4.78, 5) is 27.1. The molecule has 0 saturated carbocycles. The second kappa shape index (κ2) is 7.58. The number of halogens is 1. The topological polar surface area (TPSA) is 83.6 Å². The number of nitrogens with zero attached hydrogens (tertiary/aromatic N) is 1. The number of anilines is 2. The van der Waals surface area contributed by atoms with Gasteiger partial charge in [0.25, 0.3) is 21.8 Å². The molecule has 32 heavy (non-hydrogen) atoms. The van der Waals surface area contributed by atoms with Crippen molar-refractivity contribution in [1.29, 1.82) is 0 Å². The van der Waals surface area contributed by atoms with Gasteiger partial charge in [-0.15, -0.1) is 0 Å². The normalized spacial score (nSPS) is 13.5. The Balaban J connectivity index is 1.63. The Morgan fingerprint density at radius 2 is 1.34 bits per heavy atom. The molecular weight excluding hydrogens is 492 g/mol. The minimum atomic E-state index is -3.94. The average molecular weight is 507 g/mol. The number of hydrogen-bond donors (Lipinski definition) is 1. The molecule has 5 rings (SSSR count). The Hall–Kier alpha value is -3.49. The van der Waals surface area contributed by atoms with Crippen molar-refractivity contribution in [2.75, 3.05) is 9.62 Å². The van der Waals surface area contributed by atoms with Gasteiger partial charge in [-0.05, 0) is 42.5 Å². The van der Waals surface area contributed by atoms with Crippen molar-refractivity contribution >= 4 is 59.9 Å². The van der Waals surface area contributed by atoms with E-state index in [9.17, 15) is 18.0 Å². The lowest BCUT2D eigenvalue weighted by Crippen LogP contribution is -2.29. The van der Waals surface area contributed by atoms with Crippen LogP contribution in [-0.2, 0) is 10.0 Å². The number of amides is 2. The fourth-order valence-corrected chi connectivity index (χ4v) is 5.52. The Kier molecular flexibility index (Phi) is 4.83. The highest BCUT2D eigenvalue weighted by Gasteiger charge is 2.37. The van der Waals surface area contributed by atoms with Crippen LogP contribution in [0.5, 0.6) is 0 Å². The summed E-state index contributed by atoms with van der Waals surface area (Å²) in [5, 5.41) is 0.892. The Morgan fingerprint density at radius 3 is 2.00 bits per heavy atom. The number of rotatable bonds is 4. The van der Waals surface area contributed by atoms with Crippen molar-refractivity contribution in [1.82, 2.24) is 0 Å². The summed E-state index contributed by atoms with van der Waals surface area (Å²) in [5.41, 5.74) is 1.41. The lowest BCUT2D eigenvalue weighted by atomic mass is 10.1. The molecule has 4 aromatic rings. The van der Waals surface area contributed by atoms with Crippen LogP contribution in [0.25, 0.3) is 10.8 Å². The standard InChI is InChI=1S/C24H15BrN2O4S/c25-15-6-5-7-16(14-15)26-32(30,31)22-13-12-21(17-8-1-2-9-18(17)22)27-23(28)19-10-3-4-11-20(19)24(27)29/h1-14,26H. The molecule has 2 amide bonds. The van der Waals surface area contributed by atoms with Crippen molar-refractivity contribution in [2.24, 2.45) is 0 Å². The third kappa shape index (κ3) is 3.28. The molecule has 1 aliphatic rings. The third-order valence-corrected chi connectivity index (χ3v) is 7.20. The van der Waals surface area contributed by atoms with Crippen LogP contribution in [0.3, 0.4) is 0 Å². The Labute approximate surface area is 192 Å². The van der Waals surface area contributed by atoms with Gasteiger partial charge in [0, 0.05) is 20.9 Å². The van der Waals surface area contributed by atoms with Gasteiger partial charge in [0.05, 0.1) is 21.7 Å². The summed E-state index contributed by atoms with van der Waals surface area (Å²) in [6.45, 7) is 0. The van der Waals surface area contributed by atoms with Crippen LogP contribution in [0.15, 0.2) is 94.3 Å². The van der Waals surface area contributed by atoms with E-state index in [1.807, 2.05) is 0 Å². The second-order valence-corrected chi connectivity index (χ2v) is 9.80. The number of fused-ring (bicyclic) bond motifs is 2. The van der Waals surface area contributed by atoms with E-state index in [0.717, 1.165) is 9.37 Å². The molecule has 4 aromatic carbocycles. The summed E-state index contributed by atoms with van der Waals surface area (Å²) >= 11 is 3.33. The van der Waals surface area contributed by atoms with Gasteiger partial charge in [0.15, 0.2) is 0 Å². The molecule has 1 N–H and O–H groups in total. The lowest BCUT2D eigenvalue weighted by Gasteiger charge is -2.18. The summed E-state index contributed by atoms with van der Waals surface area (Å²) in [5.74, 6) is -0.864. The second-order valence-electron chi connectivity index (χ2n) is 7.24. The average Bonchev–Trinajstić information content (AvgIpc) is 3.03. The number of carbonyl (C=O) groups excluding carboxylic acids is 2. The van der Waals surface area contributed by atoms with E-state index in [-0.39, 0.29) is 4.90 Å². The first-order valence-electron chi connectivity index (χ1n) is 9.65. The quantitative estimate of drug-likeness (QED) is 0.385. The third-order valence-electron chi connectivity index (χ3n) is 5.26. The Morgan fingerprint density at radius 1 is 0.719 bits per heavy atom. The van der Waals surface area contributed by atoms with E-state index in [4.69, 9.17) is 0 Å². The van der Waals surface area contributed by atoms with Crippen LogP contribution in [0.4, 0.5) is 11.4 Å². The molecule has 0 bridgehead atoms. The lowest BCUT2D eigenvalue weighted by molar-refractivity contribution is 0.0926. The predicted molar refractivity (Wildman–Crippen MR) is 126 cm³/mol. The van der Waals surface area contributed by atoms with Crippen LogP contribution in [0, 0.1) is 0 Å². The minimum Gasteiger partial charge on any atom is -0.280 e. The van der Waals surface area contributed by atoms with Crippen LogP contribution >= 0.6 is 15.9 Å². The monoisotopic (exact) mass is 506 g/mol. The first kappa shape index (κ1) is 20.4. The van der Waals surface area contributed by atoms with E-state index in [1.54, 1.807) is 72.8 Å². The van der Waals surface area contributed by atoms with Gasteiger partial charge in [-0.25, -0.2) is 13.3 Å². The van der Waals surface area contributed by atoms with Crippen molar-refractivity contribution < 1.29 is 18.0 Å². The maximum absolute atomic E-state index is 13.2. The van der Waals surface area contributed by atoms with Crippen LogP contribution in [0.2, 0.25) is 0 Å². The van der Waals surface area contributed by atoms with Crippen LogP contribution in [-0.4, -0.2) is 20.2 Å². The predicted octanol–water partition coefficient (Wildman–Crippen LogP) is 5.20. The fourth-order valence-electron chi connectivity index (χ4n) is 3.85. The van der Waals surface area contributed by atoms with Gasteiger partial charge in [0.1, 0.15) is 0 Å². The molecule has 0 aromatic heterocycles. The minimum absolute atomic E-state index is 0.0495. The summed E-state index contributed by atoms with van der Waals surface area (Å²) in [6.07, 6.45) is 0. The molecular formula is C24H15BrN2O4S. The van der Waals surface area contributed by atoms with E-state index >= 15 is 0 Å². The fraction of sp³-hybridized carbons (Fsp3) is 0. The molecule has 0 spiro atoms. The molecule has 0 fully saturated rings. The number of nitrogens with one attached hydrogen (secondary N) is 1. The van der Waals surface area contributed by atoms with Crippen molar-refractivity contribution in [2.45, 2.75) is 4.90 Å². The highest BCUT2D eigenvalue weighted by atomic mass is 79.9. The maximum atomic E-state index is 13.2. The summed E-state index contributed by atoms with van der Waals surface area (Å²) in [6, 6.07) is 23.2.